The molecule has 148 valence electrons. The summed E-state index contributed by atoms with van der Waals surface area (Å²) in [6.07, 6.45) is 0. The third kappa shape index (κ3) is 4.09. The summed E-state index contributed by atoms with van der Waals surface area (Å²) in [6.45, 7) is 1.94. The first-order valence-electron chi connectivity index (χ1n) is 8.79. The zero-order valence-electron chi connectivity index (χ0n) is 16.0. The Bertz CT molecular complexity index is 1100. The van der Waals surface area contributed by atoms with E-state index in [1.54, 1.807) is 26.4 Å². The van der Waals surface area contributed by atoms with E-state index in [0.717, 1.165) is 5.56 Å². The molecule has 4 aromatic rings. The number of hydrogen-bond acceptors (Lipinski definition) is 9. The molecule has 0 fully saturated rings. The number of benzene rings is 2. The predicted molar refractivity (Wildman–Crippen MR) is 107 cm³/mol. The highest BCUT2D eigenvalue weighted by molar-refractivity contribution is 7.99. The van der Waals surface area contributed by atoms with Gasteiger partial charge in [0.05, 0.1) is 25.0 Å². The van der Waals surface area contributed by atoms with Crippen molar-refractivity contribution >= 4 is 11.8 Å². The number of thioether (sulfide) groups is 1. The SMILES string of the molecule is COc1ccc(-c2nnc(S[C@H](C)c3nnc(-c4ccccc4)o3)o2)c(OC)c1. The zero-order valence-corrected chi connectivity index (χ0v) is 16.8. The summed E-state index contributed by atoms with van der Waals surface area (Å²) in [4.78, 5) is 0. The standard InChI is InChI=1S/C20H18N4O4S/c1-12(17-21-22-18(27-17)13-7-5-4-6-8-13)29-20-24-23-19(28-20)15-10-9-14(25-2)11-16(15)26-3/h4-12H,1-3H3/t12-/m1/s1. The molecule has 1 atom stereocenters. The second-order valence-electron chi connectivity index (χ2n) is 6.01. The van der Waals surface area contributed by atoms with E-state index in [1.165, 1.54) is 11.8 Å². The number of aromatic nitrogens is 4. The van der Waals surface area contributed by atoms with Gasteiger partial charge >= 0.3 is 0 Å². The van der Waals surface area contributed by atoms with Crippen molar-refractivity contribution in [3.8, 4) is 34.4 Å². The highest BCUT2D eigenvalue weighted by Crippen LogP contribution is 2.37. The minimum absolute atomic E-state index is 0.161. The van der Waals surface area contributed by atoms with Gasteiger partial charge in [-0.05, 0) is 31.2 Å². The van der Waals surface area contributed by atoms with Crippen LogP contribution >= 0.6 is 11.8 Å². The third-order valence-corrected chi connectivity index (χ3v) is 5.05. The molecule has 29 heavy (non-hydrogen) atoms. The monoisotopic (exact) mass is 410 g/mol. The summed E-state index contributed by atoms with van der Waals surface area (Å²) >= 11 is 1.34. The van der Waals surface area contributed by atoms with E-state index in [0.29, 0.717) is 40.0 Å². The first-order valence-corrected chi connectivity index (χ1v) is 9.67. The van der Waals surface area contributed by atoms with Crippen LogP contribution in [0.2, 0.25) is 0 Å². The van der Waals surface area contributed by atoms with Crippen LogP contribution in [-0.4, -0.2) is 34.6 Å². The van der Waals surface area contributed by atoms with Gasteiger partial charge in [-0.25, -0.2) is 0 Å². The molecular weight excluding hydrogens is 392 g/mol. The lowest BCUT2D eigenvalue weighted by molar-refractivity contribution is 0.393. The van der Waals surface area contributed by atoms with Crippen molar-refractivity contribution in [2.45, 2.75) is 17.4 Å². The number of hydrogen-bond donors (Lipinski definition) is 0. The highest BCUT2D eigenvalue weighted by atomic mass is 32.2. The average Bonchev–Trinajstić information content (AvgIpc) is 3.44. The molecular formula is C20H18N4O4S. The molecule has 0 N–H and O–H groups in total. The Labute approximate surface area is 171 Å². The molecule has 0 bridgehead atoms. The van der Waals surface area contributed by atoms with Gasteiger partial charge in [-0.2, -0.15) is 0 Å². The Hall–Kier alpha value is -3.33. The molecule has 0 saturated heterocycles. The van der Waals surface area contributed by atoms with Crippen molar-refractivity contribution in [2.24, 2.45) is 0 Å². The average molecular weight is 410 g/mol. The maximum absolute atomic E-state index is 5.80. The number of methoxy groups -OCH3 is 2. The molecule has 0 aliphatic rings. The fourth-order valence-corrected chi connectivity index (χ4v) is 3.35. The van der Waals surface area contributed by atoms with Crippen LogP contribution in [0.4, 0.5) is 0 Å². The molecule has 0 radical (unpaired) electrons. The third-order valence-electron chi connectivity index (χ3n) is 4.13. The normalized spacial score (nSPS) is 12.0. The largest absolute Gasteiger partial charge is 0.497 e. The van der Waals surface area contributed by atoms with Gasteiger partial charge in [0.15, 0.2) is 0 Å². The van der Waals surface area contributed by atoms with Gasteiger partial charge in [0.2, 0.25) is 11.8 Å². The van der Waals surface area contributed by atoms with Crippen LogP contribution in [-0.2, 0) is 0 Å². The highest BCUT2D eigenvalue weighted by Gasteiger charge is 2.21. The van der Waals surface area contributed by atoms with Crippen molar-refractivity contribution in [3.05, 3.63) is 54.4 Å². The lowest BCUT2D eigenvalue weighted by Gasteiger charge is -2.07. The minimum atomic E-state index is -0.161. The Balaban J connectivity index is 1.50. The van der Waals surface area contributed by atoms with Crippen LogP contribution in [0.15, 0.2) is 62.6 Å². The summed E-state index contributed by atoms with van der Waals surface area (Å²) in [5, 5.41) is 16.7. The smallest absolute Gasteiger partial charge is 0.277 e. The van der Waals surface area contributed by atoms with E-state index in [1.807, 2.05) is 43.3 Å². The maximum atomic E-state index is 5.80. The first-order chi connectivity index (χ1) is 14.2. The molecule has 9 heteroatoms. The predicted octanol–water partition coefficient (Wildman–Crippen LogP) is 4.66. The summed E-state index contributed by atoms with van der Waals surface area (Å²) in [5.74, 6) is 2.58. The van der Waals surface area contributed by atoms with Crippen molar-refractivity contribution in [1.29, 1.82) is 0 Å². The topological polar surface area (TPSA) is 96.3 Å². The molecule has 0 spiro atoms. The fourth-order valence-electron chi connectivity index (χ4n) is 2.64. The van der Waals surface area contributed by atoms with Gasteiger partial charge in [0.25, 0.3) is 11.1 Å². The molecule has 8 nitrogen and oxygen atoms in total. The fraction of sp³-hybridized carbons (Fsp3) is 0.200. The van der Waals surface area contributed by atoms with Crippen LogP contribution in [0.1, 0.15) is 18.1 Å². The van der Waals surface area contributed by atoms with Gasteiger partial charge in [-0.15, -0.1) is 20.4 Å². The summed E-state index contributed by atoms with van der Waals surface area (Å²) in [6, 6.07) is 15.0. The van der Waals surface area contributed by atoms with Crippen LogP contribution in [0, 0.1) is 0 Å². The number of rotatable bonds is 7. The second-order valence-corrected chi connectivity index (χ2v) is 7.30. The Morgan fingerprint density at radius 1 is 0.862 bits per heavy atom. The molecule has 2 heterocycles. The van der Waals surface area contributed by atoms with Crippen LogP contribution in [0.3, 0.4) is 0 Å². The van der Waals surface area contributed by atoms with Crippen molar-refractivity contribution in [2.75, 3.05) is 14.2 Å². The van der Waals surface area contributed by atoms with Crippen LogP contribution in [0.25, 0.3) is 22.9 Å². The molecule has 0 saturated carbocycles. The van der Waals surface area contributed by atoms with Gasteiger partial charge in [0, 0.05) is 11.6 Å². The molecule has 2 aromatic carbocycles. The maximum Gasteiger partial charge on any atom is 0.277 e. The number of ether oxygens (including phenoxy) is 2. The van der Waals surface area contributed by atoms with E-state index in [-0.39, 0.29) is 5.25 Å². The first kappa shape index (κ1) is 19.0. The van der Waals surface area contributed by atoms with Gasteiger partial charge in [0.1, 0.15) is 11.5 Å². The molecule has 0 aliphatic carbocycles. The minimum Gasteiger partial charge on any atom is -0.497 e. The lowest BCUT2D eigenvalue weighted by atomic mass is 10.2. The van der Waals surface area contributed by atoms with E-state index >= 15 is 0 Å². The van der Waals surface area contributed by atoms with Gasteiger partial charge in [-0.3, -0.25) is 0 Å². The van der Waals surface area contributed by atoms with Crippen molar-refractivity contribution in [1.82, 2.24) is 20.4 Å². The molecule has 2 aromatic heterocycles. The van der Waals surface area contributed by atoms with Gasteiger partial charge < -0.3 is 18.3 Å². The summed E-state index contributed by atoms with van der Waals surface area (Å²) < 4.78 is 22.2. The Morgan fingerprint density at radius 3 is 2.41 bits per heavy atom. The lowest BCUT2D eigenvalue weighted by Crippen LogP contribution is -1.90. The van der Waals surface area contributed by atoms with Crippen LogP contribution < -0.4 is 9.47 Å². The van der Waals surface area contributed by atoms with E-state index in [2.05, 4.69) is 20.4 Å². The quantitative estimate of drug-likeness (QED) is 0.403. The van der Waals surface area contributed by atoms with E-state index in [9.17, 15) is 0 Å². The second kappa shape index (κ2) is 8.36. The Morgan fingerprint density at radius 2 is 1.66 bits per heavy atom. The van der Waals surface area contributed by atoms with Gasteiger partial charge in [-0.1, -0.05) is 30.0 Å². The van der Waals surface area contributed by atoms with Crippen molar-refractivity contribution in [3.63, 3.8) is 0 Å². The number of nitrogens with zero attached hydrogens (tertiary/aromatic N) is 4. The van der Waals surface area contributed by atoms with Crippen molar-refractivity contribution < 1.29 is 18.3 Å². The molecule has 0 unspecified atom stereocenters. The molecule has 0 amide bonds. The zero-order chi connectivity index (χ0) is 20.2. The molecule has 4 rings (SSSR count). The summed E-state index contributed by atoms with van der Waals surface area (Å²) in [5.41, 5.74) is 1.56. The van der Waals surface area contributed by atoms with E-state index in [4.69, 9.17) is 18.3 Å². The Kier molecular flexibility index (Phi) is 5.48. The summed E-state index contributed by atoms with van der Waals surface area (Å²) in [7, 11) is 3.17. The molecule has 0 aliphatic heterocycles. The van der Waals surface area contributed by atoms with Crippen LogP contribution in [0.5, 0.6) is 11.5 Å². The van der Waals surface area contributed by atoms with E-state index < -0.39 is 0 Å².